The van der Waals surface area contributed by atoms with Crippen LogP contribution in [0.25, 0.3) is 0 Å². The number of aryl methyl sites for hydroxylation is 1. The molecule has 0 saturated carbocycles. The zero-order valence-electron chi connectivity index (χ0n) is 12.6. The molecule has 1 aromatic heterocycles. The second kappa shape index (κ2) is 6.04. The van der Waals surface area contributed by atoms with Gasteiger partial charge in [-0.2, -0.15) is 5.10 Å². The van der Waals surface area contributed by atoms with Crippen molar-refractivity contribution in [2.24, 2.45) is 11.8 Å². The summed E-state index contributed by atoms with van der Waals surface area (Å²) in [6.07, 6.45) is 0. The maximum atomic E-state index is 11.2. The fourth-order valence-electron chi connectivity index (χ4n) is 1.79. The molecule has 0 fully saturated rings. The molecule has 6 nitrogen and oxygen atoms in total. The summed E-state index contributed by atoms with van der Waals surface area (Å²) in [5, 5.41) is 18.6. The monoisotopic (exact) mass is 268 g/mol. The lowest BCUT2D eigenvalue weighted by Crippen LogP contribution is -2.19. The summed E-state index contributed by atoms with van der Waals surface area (Å²) in [6, 6.07) is 0.0873. The van der Waals surface area contributed by atoms with Gasteiger partial charge in [-0.25, -0.2) is 4.68 Å². The van der Waals surface area contributed by atoms with Crippen molar-refractivity contribution in [1.29, 1.82) is 0 Å². The Balaban J connectivity index is 3.05. The van der Waals surface area contributed by atoms with Crippen LogP contribution in [0.3, 0.4) is 0 Å². The standard InChI is InChI=1S/C13H24N4O2/c1-8(2)10(5)7-14-13-12(17(18)19)11(6)15-16(13)9(3)4/h8-10,14H,7H2,1-6H3. The second-order valence-electron chi connectivity index (χ2n) is 5.68. The molecule has 1 heterocycles. The predicted molar refractivity (Wildman–Crippen MR) is 76.5 cm³/mol. The van der Waals surface area contributed by atoms with Crippen LogP contribution in [0, 0.1) is 28.9 Å². The van der Waals surface area contributed by atoms with Crippen LogP contribution in [0.4, 0.5) is 11.5 Å². The molecule has 1 unspecified atom stereocenters. The number of nitrogens with one attached hydrogen (secondary N) is 1. The number of anilines is 1. The highest BCUT2D eigenvalue weighted by molar-refractivity contribution is 5.59. The average molecular weight is 268 g/mol. The summed E-state index contributed by atoms with van der Waals surface area (Å²) in [7, 11) is 0. The number of nitrogens with zero attached hydrogens (tertiary/aromatic N) is 3. The molecule has 1 aromatic rings. The fraction of sp³-hybridized carbons (Fsp3) is 0.769. The molecule has 0 radical (unpaired) electrons. The number of aromatic nitrogens is 2. The van der Waals surface area contributed by atoms with E-state index < -0.39 is 0 Å². The first-order valence-corrected chi connectivity index (χ1v) is 6.73. The lowest BCUT2D eigenvalue weighted by molar-refractivity contribution is -0.384. The van der Waals surface area contributed by atoms with Crippen molar-refractivity contribution in [2.45, 2.75) is 47.6 Å². The van der Waals surface area contributed by atoms with Gasteiger partial charge in [0.15, 0.2) is 0 Å². The van der Waals surface area contributed by atoms with E-state index in [1.807, 2.05) is 13.8 Å². The Hall–Kier alpha value is -1.59. The molecule has 6 heteroatoms. The molecule has 0 saturated heterocycles. The van der Waals surface area contributed by atoms with Gasteiger partial charge in [-0.05, 0) is 32.6 Å². The third-order valence-corrected chi connectivity index (χ3v) is 3.46. The minimum atomic E-state index is -0.358. The first-order chi connectivity index (χ1) is 8.75. The molecule has 1 atom stereocenters. The normalized spacial score (nSPS) is 13.1. The van der Waals surface area contributed by atoms with E-state index in [9.17, 15) is 10.1 Å². The molecular formula is C13H24N4O2. The largest absolute Gasteiger partial charge is 0.364 e. The van der Waals surface area contributed by atoms with Crippen molar-refractivity contribution in [3.05, 3.63) is 15.8 Å². The van der Waals surface area contributed by atoms with Gasteiger partial charge in [-0.15, -0.1) is 0 Å². The van der Waals surface area contributed by atoms with Crippen molar-refractivity contribution in [1.82, 2.24) is 9.78 Å². The minimum Gasteiger partial charge on any atom is -0.364 e. The van der Waals surface area contributed by atoms with Gasteiger partial charge in [0.2, 0.25) is 5.82 Å². The van der Waals surface area contributed by atoms with Gasteiger partial charge in [0.25, 0.3) is 0 Å². The summed E-state index contributed by atoms with van der Waals surface area (Å²) in [4.78, 5) is 10.8. The topological polar surface area (TPSA) is 73.0 Å². The number of hydrogen-bond acceptors (Lipinski definition) is 4. The zero-order valence-corrected chi connectivity index (χ0v) is 12.6. The van der Waals surface area contributed by atoms with Crippen LogP contribution in [0.1, 0.15) is 46.4 Å². The van der Waals surface area contributed by atoms with E-state index in [4.69, 9.17) is 0 Å². The van der Waals surface area contributed by atoms with Gasteiger partial charge in [0.05, 0.1) is 4.92 Å². The number of hydrogen-bond donors (Lipinski definition) is 1. The predicted octanol–water partition coefficient (Wildman–Crippen LogP) is 3.38. The Bertz CT molecular complexity index is 452. The Morgan fingerprint density at radius 2 is 1.89 bits per heavy atom. The molecule has 0 aliphatic rings. The third kappa shape index (κ3) is 3.45. The van der Waals surface area contributed by atoms with Crippen LogP contribution in [0.5, 0.6) is 0 Å². The molecule has 0 amide bonds. The summed E-state index contributed by atoms with van der Waals surface area (Å²) >= 11 is 0. The molecule has 0 spiro atoms. The van der Waals surface area contributed by atoms with E-state index in [-0.39, 0.29) is 16.7 Å². The highest BCUT2D eigenvalue weighted by Crippen LogP contribution is 2.30. The minimum absolute atomic E-state index is 0.0873. The summed E-state index contributed by atoms with van der Waals surface area (Å²) in [6.45, 7) is 12.7. The van der Waals surface area contributed by atoms with Gasteiger partial charge >= 0.3 is 5.69 Å². The van der Waals surface area contributed by atoms with Gasteiger partial charge in [0.1, 0.15) is 5.69 Å². The summed E-state index contributed by atoms with van der Waals surface area (Å²) in [5.74, 6) is 1.49. The van der Waals surface area contributed by atoms with E-state index in [2.05, 4.69) is 31.2 Å². The fourth-order valence-corrected chi connectivity index (χ4v) is 1.79. The van der Waals surface area contributed by atoms with Crippen LogP contribution in [0.15, 0.2) is 0 Å². The zero-order chi connectivity index (χ0) is 14.7. The van der Waals surface area contributed by atoms with Crippen molar-refractivity contribution >= 4 is 11.5 Å². The lowest BCUT2D eigenvalue weighted by Gasteiger charge is -2.18. The average Bonchev–Trinajstić information content (AvgIpc) is 2.62. The molecule has 0 bridgehead atoms. The number of nitro groups is 1. The summed E-state index contributed by atoms with van der Waals surface area (Å²) < 4.78 is 1.69. The molecule has 0 aliphatic heterocycles. The Morgan fingerprint density at radius 1 is 1.32 bits per heavy atom. The van der Waals surface area contributed by atoms with Crippen LogP contribution < -0.4 is 5.32 Å². The smallest absolute Gasteiger partial charge is 0.333 e. The van der Waals surface area contributed by atoms with Crippen molar-refractivity contribution < 1.29 is 4.92 Å². The molecular weight excluding hydrogens is 244 g/mol. The first kappa shape index (κ1) is 15.5. The van der Waals surface area contributed by atoms with E-state index >= 15 is 0 Å². The lowest BCUT2D eigenvalue weighted by atomic mass is 9.98. The quantitative estimate of drug-likeness (QED) is 0.634. The van der Waals surface area contributed by atoms with Gasteiger partial charge in [0, 0.05) is 12.6 Å². The highest BCUT2D eigenvalue weighted by atomic mass is 16.6. The molecule has 1 rings (SSSR count). The maximum absolute atomic E-state index is 11.2. The second-order valence-corrected chi connectivity index (χ2v) is 5.68. The molecule has 19 heavy (non-hydrogen) atoms. The number of rotatable bonds is 6. The Kier molecular flexibility index (Phi) is 4.91. The van der Waals surface area contributed by atoms with Crippen molar-refractivity contribution in [3.63, 3.8) is 0 Å². The molecule has 0 aliphatic carbocycles. The molecule has 108 valence electrons. The van der Waals surface area contributed by atoms with E-state index in [0.717, 1.165) is 0 Å². The van der Waals surface area contributed by atoms with E-state index in [1.54, 1.807) is 11.6 Å². The van der Waals surface area contributed by atoms with Crippen molar-refractivity contribution in [2.75, 3.05) is 11.9 Å². The Labute approximate surface area is 114 Å². The Morgan fingerprint density at radius 3 is 2.32 bits per heavy atom. The van der Waals surface area contributed by atoms with Crippen LogP contribution in [-0.4, -0.2) is 21.2 Å². The van der Waals surface area contributed by atoms with Gasteiger partial charge in [-0.3, -0.25) is 10.1 Å². The van der Waals surface area contributed by atoms with Crippen LogP contribution in [-0.2, 0) is 0 Å². The van der Waals surface area contributed by atoms with E-state index in [1.165, 1.54) is 0 Å². The SMILES string of the molecule is Cc1nn(C(C)C)c(NCC(C)C(C)C)c1[N+](=O)[O-]. The van der Waals surface area contributed by atoms with Crippen molar-refractivity contribution in [3.8, 4) is 0 Å². The molecule has 1 N–H and O–H groups in total. The van der Waals surface area contributed by atoms with E-state index in [0.29, 0.717) is 29.9 Å². The first-order valence-electron chi connectivity index (χ1n) is 6.73. The third-order valence-electron chi connectivity index (χ3n) is 3.46. The van der Waals surface area contributed by atoms with Crippen LogP contribution >= 0.6 is 0 Å². The summed E-state index contributed by atoms with van der Waals surface area (Å²) in [5.41, 5.74) is 0.544. The highest BCUT2D eigenvalue weighted by Gasteiger charge is 2.26. The van der Waals surface area contributed by atoms with Gasteiger partial charge in [-0.1, -0.05) is 20.8 Å². The van der Waals surface area contributed by atoms with Crippen LogP contribution in [0.2, 0.25) is 0 Å². The maximum Gasteiger partial charge on any atom is 0.333 e. The molecule has 0 aromatic carbocycles. The van der Waals surface area contributed by atoms with Gasteiger partial charge < -0.3 is 5.32 Å².